The Kier molecular flexibility index (Phi) is 5.09. The molecule has 0 amide bonds. The van der Waals surface area contributed by atoms with Crippen LogP contribution in [0.15, 0.2) is 63.6 Å². The standard InChI is InChI=1S/C19H16N4O5S/c1-26-15-9-5-8-14(10-15)19-21-17(28-23-19)12-29(24,25)11-16-20-18(22-27-16)13-6-3-2-4-7-13/h2-10H,11-12H2,1H3. The lowest BCUT2D eigenvalue weighted by Crippen LogP contribution is -2.08. The minimum atomic E-state index is -3.66. The van der Waals surface area contributed by atoms with Crippen molar-refractivity contribution in [1.29, 1.82) is 0 Å². The molecule has 2 heterocycles. The van der Waals surface area contributed by atoms with Crippen molar-refractivity contribution >= 4 is 9.84 Å². The summed E-state index contributed by atoms with van der Waals surface area (Å²) in [4.78, 5) is 8.30. The van der Waals surface area contributed by atoms with Crippen LogP contribution in [0.4, 0.5) is 0 Å². The van der Waals surface area contributed by atoms with Crippen LogP contribution in [-0.2, 0) is 21.3 Å². The molecule has 0 saturated carbocycles. The van der Waals surface area contributed by atoms with E-state index in [1.165, 1.54) is 0 Å². The summed E-state index contributed by atoms with van der Waals surface area (Å²) in [7, 11) is -2.11. The fraction of sp³-hybridized carbons (Fsp3) is 0.158. The number of hydrogen-bond acceptors (Lipinski definition) is 9. The number of rotatable bonds is 7. The molecule has 4 aromatic rings. The number of sulfone groups is 1. The molecule has 29 heavy (non-hydrogen) atoms. The molecule has 2 aromatic carbocycles. The highest BCUT2D eigenvalue weighted by atomic mass is 32.2. The normalized spacial score (nSPS) is 11.5. The number of aromatic nitrogens is 4. The van der Waals surface area contributed by atoms with Crippen molar-refractivity contribution in [3.8, 4) is 28.5 Å². The van der Waals surface area contributed by atoms with Gasteiger partial charge in [0.1, 0.15) is 17.3 Å². The first-order valence-corrected chi connectivity index (χ1v) is 10.4. The molecular weight excluding hydrogens is 396 g/mol. The van der Waals surface area contributed by atoms with Crippen LogP contribution in [0.2, 0.25) is 0 Å². The molecule has 10 heteroatoms. The number of nitrogens with zero attached hydrogens (tertiary/aromatic N) is 4. The highest BCUT2D eigenvalue weighted by molar-refractivity contribution is 7.89. The predicted octanol–water partition coefficient (Wildman–Crippen LogP) is 2.91. The lowest BCUT2D eigenvalue weighted by Gasteiger charge is -2.00. The van der Waals surface area contributed by atoms with Crippen molar-refractivity contribution in [2.45, 2.75) is 11.5 Å². The second kappa shape index (κ2) is 7.84. The predicted molar refractivity (Wildman–Crippen MR) is 102 cm³/mol. The Morgan fingerprint density at radius 2 is 1.41 bits per heavy atom. The minimum Gasteiger partial charge on any atom is -0.497 e. The summed E-state index contributed by atoms with van der Waals surface area (Å²) < 4.78 is 40.3. The highest BCUT2D eigenvalue weighted by Gasteiger charge is 2.22. The number of benzene rings is 2. The van der Waals surface area contributed by atoms with Crippen LogP contribution in [0.3, 0.4) is 0 Å². The van der Waals surface area contributed by atoms with E-state index >= 15 is 0 Å². The van der Waals surface area contributed by atoms with Gasteiger partial charge < -0.3 is 13.8 Å². The lowest BCUT2D eigenvalue weighted by molar-refractivity contribution is 0.384. The summed E-state index contributed by atoms with van der Waals surface area (Å²) in [6, 6.07) is 16.2. The Morgan fingerprint density at radius 1 is 0.828 bits per heavy atom. The number of ether oxygens (including phenoxy) is 1. The number of hydrogen-bond donors (Lipinski definition) is 0. The molecule has 0 saturated heterocycles. The largest absolute Gasteiger partial charge is 0.497 e. The topological polar surface area (TPSA) is 121 Å². The third kappa shape index (κ3) is 4.49. The second-order valence-corrected chi connectivity index (χ2v) is 8.22. The van der Waals surface area contributed by atoms with Crippen LogP contribution in [-0.4, -0.2) is 35.8 Å². The van der Waals surface area contributed by atoms with Crippen molar-refractivity contribution in [1.82, 2.24) is 20.3 Å². The zero-order valence-corrected chi connectivity index (χ0v) is 16.2. The number of methoxy groups -OCH3 is 1. The van der Waals surface area contributed by atoms with E-state index in [1.807, 2.05) is 30.3 Å². The van der Waals surface area contributed by atoms with E-state index in [-0.39, 0.29) is 17.6 Å². The summed E-state index contributed by atoms with van der Waals surface area (Å²) in [5, 5.41) is 7.66. The maximum atomic E-state index is 12.5. The van der Waals surface area contributed by atoms with Crippen LogP contribution in [0.25, 0.3) is 22.8 Å². The van der Waals surface area contributed by atoms with Gasteiger partial charge in [0.2, 0.25) is 23.4 Å². The fourth-order valence-electron chi connectivity index (χ4n) is 2.64. The van der Waals surface area contributed by atoms with E-state index in [0.29, 0.717) is 17.1 Å². The molecule has 0 radical (unpaired) electrons. The molecule has 0 unspecified atom stereocenters. The van der Waals surface area contributed by atoms with Gasteiger partial charge in [0, 0.05) is 11.1 Å². The monoisotopic (exact) mass is 412 g/mol. The van der Waals surface area contributed by atoms with Crippen molar-refractivity contribution in [2.75, 3.05) is 7.11 Å². The van der Waals surface area contributed by atoms with E-state index in [2.05, 4.69) is 20.3 Å². The Hall–Kier alpha value is -3.53. The smallest absolute Gasteiger partial charge is 0.242 e. The van der Waals surface area contributed by atoms with Gasteiger partial charge in [0.25, 0.3) is 0 Å². The van der Waals surface area contributed by atoms with E-state index in [0.717, 1.165) is 5.56 Å². The average molecular weight is 412 g/mol. The van der Waals surface area contributed by atoms with Gasteiger partial charge in [-0.3, -0.25) is 0 Å². The molecule has 0 aliphatic rings. The lowest BCUT2D eigenvalue weighted by atomic mass is 10.2. The first-order valence-electron chi connectivity index (χ1n) is 8.58. The summed E-state index contributed by atoms with van der Waals surface area (Å²) in [5.41, 5.74) is 1.39. The van der Waals surface area contributed by atoms with Crippen molar-refractivity contribution < 1.29 is 22.2 Å². The molecule has 0 fully saturated rings. The van der Waals surface area contributed by atoms with Gasteiger partial charge >= 0.3 is 0 Å². The molecule has 0 spiro atoms. The average Bonchev–Trinajstić information content (AvgIpc) is 3.38. The molecule has 0 aliphatic heterocycles. The Balaban J connectivity index is 1.47. The molecule has 4 rings (SSSR count). The van der Waals surface area contributed by atoms with Crippen LogP contribution in [0.1, 0.15) is 11.8 Å². The van der Waals surface area contributed by atoms with E-state index < -0.39 is 21.3 Å². The van der Waals surface area contributed by atoms with Gasteiger partial charge in [-0.15, -0.1) is 0 Å². The van der Waals surface area contributed by atoms with Gasteiger partial charge in [-0.2, -0.15) is 9.97 Å². The van der Waals surface area contributed by atoms with Crippen LogP contribution < -0.4 is 4.74 Å². The maximum Gasteiger partial charge on any atom is 0.242 e. The molecule has 0 bridgehead atoms. The third-order valence-corrected chi connectivity index (χ3v) is 5.36. The quantitative estimate of drug-likeness (QED) is 0.451. The van der Waals surface area contributed by atoms with Crippen molar-refractivity contribution in [3.63, 3.8) is 0 Å². The summed E-state index contributed by atoms with van der Waals surface area (Å²) in [5.74, 6) is 0.345. The van der Waals surface area contributed by atoms with Crippen molar-refractivity contribution in [3.05, 3.63) is 66.4 Å². The molecule has 0 atom stereocenters. The Labute approximate surface area is 166 Å². The first-order chi connectivity index (χ1) is 14.0. The van der Waals surface area contributed by atoms with Crippen LogP contribution in [0.5, 0.6) is 5.75 Å². The van der Waals surface area contributed by atoms with Crippen LogP contribution in [0, 0.1) is 0 Å². The highest BCUT2D eigenvalue weighted by Crippen LogP contribution is 2.22. The molecule has 9 nitrogen and oxygen atoms in total. The first kappa shape index (κ1) is 18.8. The molecule has 0 N–H and O–H groups in total. The minimum absolute atomic E-state index is 0.00334. The van der Waals surface area contributed by atoms with Gasteiger partial charge in [0.15, 0.2) is 9.84 Å². The van der Waals surface area contributed by atoms with Gasteiger partial charge in [-0.25, -0.2) is 8.42 Å². The molecular formula is C19H16N4O5S. The van der Waals surface area contributed by atoms with Crippen LogP contribution >= 0.6 is 0 Å². The van der Waals surface area contributed by atoms with Gasteiger partial charge in [-0.1, -0.05) is 52.8 Å². The maximum absolute atomic E-state index is 12.5. The summed E-state index contributed by atoms with van der Waals surface area (Å²) in [6.07, 6.45) is 0. The molecule has 0 aliphatic carbocycles. The van der Waals surface area contributed by atoms with E-state index in [4.69, 9.17) is 13.8 Å². The summed E-state index contributed by atoms with van der Waals surface area (Å²) >= 11 is 0. The van der Waals surface area contributed by atoms with Gasteiger partial charge in [-0.05, 0) is 12.1 Å². The molecule has 2 aromatic heterocycles. The van der Waals surface area contributed by atoms with Gasteiger partial charge in [0.05, 0.1) is 7.11 Å². The molecule has 148 valence electrons. The fourth-order valence-corrected chi connectivity index (χ4v) is 3.73. The second-order valence-electron chi connectivity index (χ2n) is 6.15. The SMILES string of the molecule is COc1cccc(-c2noc(CS(=O)(=O)Cc3nc(-c4ccccc4)no3)n2)c1. The Morgan fingerprint density at radius 3 is 2.03 bits per heavy atom. The zero-order valence-electron chi connectivity index (χ0n) is 15.3. The van der Waals surface area contributed by atoms with E-state index in [1.54, 1.807) is 31.4 Å². The summed E-state index contributed by atoms with van der Waals surface area (Å²) in [6.45, 7) is 0. The Bertz CT molecular complexity index is 1220. The van der Waals surface area contributed by atoms with Crippen molar-refractivity contribution in [2.24, 2.45) is 0 Å². The zero-order chi connectivity index (χ0) is 20.3. The third-order valence-electron chi connectivity index (χ3n) is 3.98. The van der Waals surface area contributed by atoms with E-state index in [9.17, 15) is 8.42 Å².